The Morgan fingerprint density at radius 1 is 1.25 bits per heavy atom. The third-order valence-electron chi connectivity index (χ3n) is 3.27. The maximum atomic E-state index is 13.6. The molecule has 0 saturated heterocycles. The zero-order chi connectivity index (χ0) is 14.5. The second kappa shape index (κ2) is 6.86. The van der Waals surface area contributed by atoms with Crippen LogP contribution in [0.4, 0.5) is 4.39 Å². The molecule has 0 aliphatic rings. The van der Waals surface area contributed by atoms with E-state index in [0.29, 0.717) is 12.1 Å². The van der Waals surface area contributed by atoms with Gasteiger partial charge in [0.05, 0.1) is 0 Å². The van der Waals surface area contributed by atoms with Gasteiger partial charge in [0.25, 0.3) is 0 Å². The number of hydrogen-bond donors (Lipinski definition) is 2. The molecule has 2 N–H and O–H groups in total. The van der Waals surface area contributed by atoms with Crippen LogP contribution in [0.3, 0.4) is 0 Å². The molecule has 20 heavy (non-hydrogen) atoms. The number of rotatable bonds is 5. The molecule has 2 aromatic carbocycles. The molecule has 0 spiro atoms. The van der Waals surface area contributed by atoms with Crippen molar-refractivity contribution in [3.63, 3.8) is 0 Å². The summed E-state index contributed by atoms with van der Waals surface area (Å²) in [5.74, 6) is 0.0365. The quantitative estimate of drug-likeness (QED) is 0.839. The number of nitrogens with one attached hydrogen (secondary N) is 1. The predicted octanol–water partition coefficient (Wildman–Crippen LogP) is 4.53. The fourth-order valence-electron chi connectivity index (χ4n) is 2.15. The number of phenols is 1. The number of halogens is 2. The molecule has 0 aromatic heterocycles. The zero-order valence-corrected chi connectivity index (χ0v) is 12.8. The van der Waals surface area contributed by atoms with Gasteiger partial charge in [-0.25, -0.2) is 4.39 Å². The van der Waals surface area contributed by atoms with Gasteiger partial charge in [-0.3, -0.25) is 0 Å². The van der Waals surface area contributed by atoms with Gasteiger partial charge < -0.3 is 10.4 Å². The Kier molecular flexibility index (Phi) is 5.15. The molecular formula is C16H17BrFNO. The van der Waals surface area contributed by atoms with E-state index in [1.807, 2.05) is 19.1 Å². The zero-order valence-electron chi connectivity index (χ0n) is 11.2. The summed E-state index contributed by atoms with van der Waals surface area (Å²) in [7, 11) is 0. The van der Waals surface area contributed by atoms with Crippen LogP contribution < -0.4 is 5.32 Å². The van der Waals surface area contributed by atoms with Gasteiger partial charge in [-0.1, -0.05) is 41.1 Å². The van der Waals surface area contributed by atoms with E-state index in [1.165, 1.54) is 6.07 Å². The monoisotopic (exact) mass is 337 g/mol. The van der Waals surface area contributed by atoms with E-state index in [1.54, 1.807) is 24.3 Å². The summed E-state index contributed by atoms with van der Waals surface area (Å²) in [5.41, 5.74) is 1.44. The molecule has 0 bridgehead atoms. The van der Waals surface area contributed by atoms with Crippen LogP contribution >= 0.6 is 15.9 Å². The van der Waals surface area contributed by atoms with E-state index in [9.17, 15) is 9.50 Å². The number of phenolic OH excluding ortho intramolecular Hbond substituents is 1. The molecule has 2 aromatic rings. The highest BCUT2D eigenvalue weighted by molar-refractivity contribution is 9.10. The lowest BCUT2D eigenvalue weighted by Crippen LogP contribution is -2.21. The van der Waals surface area contributed by atoms with Gasteiger partial charge in [-0.2, -0.15) is 0 Å². The third-order valence-corrected chi connectivity index (χ3v) is 3.76. The summed E-state index contributed by atoms with van der Waals surface area (Å²) in [6.45, 7) is 2.45. The predicted molar refractivity (Wildman–Crippen MR) is 82.1 cm³/mol. The minimum Gasteiger partial charge on any atom is -0.508 e. The first-order chi connectivity index (χ1) is 9.61. The number of hydrogen-bond acceptors (Lipinski definition) is 2. The minimum atomic E-state index is -0.215. The van der Waals surface area contributed by atoms with Gasteiger partial charge in [-0.05, 0) is 30.7 Å². The Balaban J connectivity index is 2.13. The first kappa shape index (κ1) is 15.0. The molecule has 0 saturated carbocycles. The summed E-state index contributed by atoms with van der Waals surface area (Å²) in [6.07, 6.45) is 0.804. The van der Waals surface area contributed by atoms with Crippen molar-refractivity contribution < 1.29 is 9.50 Å². The van der Waals surface area contributed by atoms with E-state index in [-0.39, 0.29) is 17.6 Å². The lowest BCUT2D eigenvalue weighted by Gasteiger charge is -2.19. The van der Waals surface area contributed by atoms with Gasteiger partial charge in [0, 0.05) is 28.2 Å². The first-order valence-electron chi connectivity index (χ1n) is 6.57. The molecule has 0 aliphatic heterocycles. The normalized spacial score (nSPS) is 12.3. The molecule has 0 fully saturated rings. The Morgan fingerprint density at radius 3 is 2.70 bits per heavy atom. The highest BCUT2D eigenvalue weighted by Crippen LogP contribution is 2.29. The van der Waals surface area contributed by atoms with Gasteiger partial charge in [0.1, 0.15) is 11.6 Å². The molecule has 1 atom stereocenters. The van der Waals surface area contributed by atoms with E-state index in [0.717, 1.165) is 16.5 Å². The van der Waals surface area contributed by atoms with Crippen LogP contribution in [0, 0.1) is 5.82 Å². The van der Waals surface area contributed by atoms with Crippen LogP contribution in [-0.2, 0) is 6.54 Å². The summed E-state index contributed by atoms with van der Waals surface area (Å²) in [5, 5.41) is 13.2. The lowest BCUT2D eigenvalue weighted by atomic mass is 10.0. The summed E-state index contributed by atoms with van der Waals surface area (Å²) < 4.78 is 14.5. The van der Waals surface area contributed by atoms with Gasteiger partial charge >= 0.3 is 0 Å². The molecule has 4 heteroatoms. The van der Waals surface area contributed by atoms with E-state index in [2.05, 4.69) is 21.2 Å². The van der Waals surface area contributed by atoms with Crippen molar-refractivity contribution in [1.82, 2.24) is 5.32 Å². The number of aromatic hydroxyl groups is 1. The molecule has 0 heterocycles. The van der Waals surface area contributed by atoms with Gasteiger partial charge in [0.15, 0.2) is 0 Å². The summed E-state index contributed by atoms with van der Waals surface area (Å²) in [6, 6.07) is 12.0. The Bertz CT molecular complexity index is 588. The van der Waals surface area contributed by atoms with Crippen molar-refractivity contribution in [2.75, 3.05) is 0 Å². The molecule has 2 nitrogen and oxygen atoms in total. The van der Waals surface area contributed by atoms with Crippen LogP contribution in [0.15, 0.2) is 46.9 Å². The van der Waals surface area contributed by atoms with Crippen LogP contribution in [0.25, 0.3) is 0 Å². The SMILES string of the molecule is CCC(NCc1ccccc1F)c1cc(Br)ccc1O. The summed E-state index contributed by atoms with van der Waals surface area (Å²) >= 11 is 3.40. The molecular weight excluding hydrogens is 321 g/mol. The highest BCUT2D eigenvalue weighted by atomic mass is 79.9. The maximum absolute atomic E-state index is 13.6. The largest absolute Gasteiger partial charge is 0.508 e. The Morgan fingerprint density at radius 2 is 2.00 bits per heavy atom. The molecule has 0 amide bonds. The maximum Gasteiger partial charge on any atom is 0.127 e. The Labute approximate surface area is 126 Å². The number of benzene rings is 2. The van der Waals surface area contributed by atoms with Crippen molar-refractivity contribution in [2.45, 2.75) is 25.9 Å². The fraction of sp³-hybridized carbons (Fsp3) is 0.250. The van der Waals surface area contributed by atoms with Crippen molar-refractivity contribution in [3.05, 3.63) is 63.9 Å². The van der Waals surface area contributed by atoms with Crippen LogP contribution in [0.5, 0.6) is 5.75 Å². The van der Waals surface area contributed by atoms with Crippen LogP contribution in [0.2, 0.25) is 0 Å². The first-order valence-corrected chi connectivity index (χ1v) is 7.36. The smallest absolute Gasteiger partial charge is 0.127 e. The minimum absolute atomic E-state index is 0.0212. The second-order valence-corrected chi connectivity index (χ2v) is 5.55. The molecule has 0 radical (unpaired) electrons. The summed E-state index contributed by atoms with van der Waals surface area (Å²) in [4.78, 5) is 0. The molecule has 106 valence electrons. The van der Waals surface area contributed by atoms with E-state index >= 15 is 0 Å². The Hall–Kier alpha value is -1.39. The van der Waals surface area contributed by atoms with Crippen LogP contribution in [-0.4, -0.2) is 5.11 Å². The average Bonchev–Trinajstić information content (AvgIpc) is 2.45. The van der Waals surface area contributed by atoms with Crippen molar-refractivity contribution in [2.24, 2.45) is 0 Å². The standard InChI is InChI=1S/C16H17BrFNO/c1-2-15(13-9-12(17)7-8-16(13)20)19-10-11-5-3-4-6-14(11)18/h3-9,15,19-20H,2,10H2,1H3. The van der Waals surface area contributed by atoms with Crippen molar-refractivity contribution in [3.8, 4) is 5.75 Å². The molecule has 0 aliphatic carbocycles. The topological polar surface area (TPSA) is 32.3 Å². The van der Waals surface area contributed by atoms with Crippen LogP contribution in [0.1, 0.15) is 30.5 Å². The average molecular weight is 338 g/mol. The fourth-order valence-corrected chi connectivity index (χ4v) is 2.53. The van der Waals surface area contributed by atoms with E-state index in [4.69, 9.17) is 0 Å². The lowest BCUT2D eigenvalue weighted by molar-refractivity contribution is 0.438. The van der Waals surface area contributed by atoms with Gasteiger partial charge in [0.2, 0.25) is 0 Å². The highest BCUT2D eigenvalue weighted by Gasteiger charge is 2.14. The molecule has 2 rings (SSSR count). The molecule has 1 unspecified atom stereocenters. The van der Waals surface area contributed by atoms with Crippen molar-refractivity contribution >= 4 is 15.9 Å². The third kappa shape index (κ3) is 3.58. The van der Waals surface area contributed by atoms with Crippen molar-refractivity contribution in [1.29, 1.82) is 0 Å². The van der Waals surface area contributed by atoms with Gasteiger partial charge in [-0.15, -0.1) is 0 Å². The van der Waals surface area contributed by atoms with E-state index < -0.39 is 0 Å². The second-order valence-electron chi connectivity index (χ2n) is 4.64.